The third kappa shape index (κ3) is 3.61. The van der Waals surface area contributed by atoms with Gasteiger partial charge < -0.3 is 10.1 Å². The fourth-order valence-electron chi connectivity index (χ4n) is 1.67. The summed E-state index contributed by atoms with van der Waals surface area (Å²) >= 11 is 3.43. The minimum absolute atomic E-state index is 0.338. The molecule has 17 heavy (non-hydrogen) atoms. The molecule has 1 unspecified atom stereocenters. The monoisotopic (exact) mass is 272 g/mol. The maximum Gasteiger partial charge on any atom is 0.357 e. The average Bonchev–Trinajstić information content (AvgIpc) is 2.79. The van der Waals surface area contributed by atoms with Gasteiger partial charge in [-0.25, -0.2) is 9.78 Å². The van der Waals surface area contributed by atoms with Gasteiger partial charge in [0.2, 0.25) is 0 Å². The number of thioether (sulfide) groups is 1. The van der Waals surface area contributed by atoms with Gasteiger partial charge in [0.1, 0.15) is 0 Å². The second-order valence-corrected chi connectivity index (χ2v) is 5.82. The molecule has 0 spiro atoms. The van der Waals surface area contributed by atoms with E-state index in [0.717, 1.165) is 10.9 Å². The molecule has 1 atom stereocenters. The SMILES string of the molecule is CCOC(=O)c1csc(NC2CCCSC2)n1. The standard InChI is InChI=1S/C11H16N2O2S2/c1-2-15-10(14)9-7-17-11(13-9)12-8-4-3-5-16-6-8/h7-8H,2-6H2,1H3,(H,12,13). The normalized spacial score (nSPS) is 19.9. The number of carbonyl (C=O) groups excluding carboxylic acids is 1. The highest BCUT2D eigenvalue weighted by molar-refractivity contribution is 7.99. The minimum atomic E-state index is -0.338. The minimum Gasteiger partial charge on any atom is -0.461 e. The number of esters is 1. The molecule has 1 saturated heterocycles. The number of nitrogens with zero attached hydrogens (tertiary/aromatic N) is 1. The maximum atomic E-state index is 11.4. The molecule has 4 nitrogen and oxygen atoms in total. The first-order valence-electron chi connectivity index (χ1n) is 5.76. The zero-order valence-corrected chi connectivity index (χ0v) is 11.4. The lowest BCUT2D eigenvalue weighted by Gasteiger charge is -2.21. The van der Waals surface area contributed by atoms with E-state index in [1.807, 2.05) is 11.8 Å². The zero-order valence-electron chi connectivity index (χ0n) is 9.77. The molecule has 94 valence electrons. The van der Waals surface area contributed by atoms with Crippen LogP contribution < -0.4 is 5.32 Å². The van der Waals surface area contributed by atoms with Gasteiger partial charge in [0, 0.05) is 17.2 Å². The second-order valence-electron chi connectivity index (χ2n) is 3.82. The maximum absolute atomic E-state index is 11.4. The van der Waals surface area contributed by atoms with E-state index in [1.165, 1.54) is 29.9 Å². The molecule has 2 heterocycles. The molecule has 1 aromatic heterocycles. The molecule has 1 aromatic rings. The Morgan fingerprint density at radius 3 is 3.29 bits per heavy atom. The van der Waals surface area contributed by atoms with Crippen LogP contribution in [-0.4, -0.2) is 35.1 Å². The molecule has 1 fully saturated rings. The summed E-state index contributed by atoms with van der Waals surface area (Å²) in [7, 11) is 0. The molecular formula is C11H16N2O2S2. The van der Waals surface area contributed by atoms with Crippen molar-refractivity contribution in [3.05, 3.63) is 11.1 Å². The summed E-state index contributed by atoms with van der Waals surface area (Å²) in [6, 6.07) is 0.481. The summed E-state index contributed by atoms with van der Waals surface area (Å²) in [5, 5.41) is 5.94. The molecule has 6 heteroatoms. The predicted octanol–water partition coefficient (Wildman–Crippen LogP) is 2.63. The predicted molar refractivity (Wildman–Crippen MR) is 72.0 cm³/mol. The van der Waals surface area contributed by atoms with E-state index < -0.39 is 0 Å². The van der Waals surface area contributed by atoms with E-state index >= 15 is 0 Å². The van der Waals surface area contributed by atoms with Crippen molar-refractivity contribution < 1.29 is 9.53 Å². The lowest BCUT2D eigenvalue weighted by molar-refractivity contribution is 0.0520. The van der Waals surface area contributed by atoms with Crippen LogP contribution in [0.25, 0.3) is 0 Å². The Kier molecular flexibility index (Phi) is 4.67. The van der Waals surface area contributed by atoms with E-state index in [1.54, 1.807) is 12.3 Å². The van der Waals surface area contributed by atoms with E-state index in [-0.39, 0.29) is 5.97 Å². The van der Waals surface area contributed by atoms with Crippen molar-refractivity contribution in [2.45, 2.75) is 25.8 Å². The molecule has 0 aromatic carbocycles. The third-order valence-corrected chi connectivity index (χ3v) is 4.47. The molecule has 0 radical (unpaired) electrons. The van der Waals surface area contributed by atoms with Crippen LogP contribution in [0.4, 0.5) is 5.13 Å². The van der Waals surface area contributed by atoms with Gasteiger partial charge >= 0.3 is 5.97 Å². The Morgan fingerprint density at radius 1 is 1.71 bits per heavy atom. The number of hydrogen-bond acceptors (Lipinski definition) is 6. The Hall–Kier alpha value is -0.750. The molecule has 0 bridgehead atoms. The highest BCUT2D eigenvalue weighted by Gasteiger charge is 2.16. The number of hydrogen-bond donors (Lipinski definition) is 1. The molecule has 1 N–H and O–H groups in total. The highest BCUT2D eigenvalue weighted by atomic mass is 32.2. The third-order valence-electron chi connectivity index (χ3n) is 2.48. The fraction of sp³-hybridized carbons (Fsp3) is 0.636. The van der Waals surface area contributed by atoms with Crippen LogP contribution in [0.5, 0.6) is 0 Å². The van der Waals surface area contributed by atoms with Crippen LogP contribution in [0.3, 0.4) is 0 Å². The summed E-state index contributed by atoms with van der Waals surface area (Å²) < 4.78 is 4.90. The van der Waals surface area contributed by atoms with Crippen LogP contribution in [0.15, 0.2) is 5.38 Å². The van der Waals surface area contributed by atoms with Gasteiger partial charge in [0.05, 0.1) is 6.61 Å². The molecule has 1 aliphatic heterocycles. The smallest absolute Gasteiger partial charge is 0.357 e. The van der Waals surface area contributed by atoms with Gasteiger partial charge in [-0.3, -0.25) is 0 Å². The van der Waals surface area contributed by atoms with E-state index in [4.69, 9.17) is 4.74 Å². The first-order valence-corrected chi connectivity index (χ1v) is 7.80. The van der Waals surface area contributed by atoms with Crippen molar-refractivity contribution in [1.82, 2.24) is 4.98 Å². The van der Waals surface area contributed by atoms with E-state index in [0.29, 0.717) is 18.3 Å². The summed E-state index contributed by atoms with van der Waals surface area (Å²) in [4.78, 5) is 15.7. The topological polar surface area (TPSA) is 51.2 Å². The van der Waals surface area contributed by atoms with Gasteiger partial charge in [0.15, 0.2) is 10.8 Å². The summed E-state index contributed by atoms with van der Waals surface area (Å²) in [6.45, 7) is 2.18. The second kappa shape index (κ2) is 6.26. The molecular weight excluding hydrogens is 256 g/mol. The zero-order chi connectivity index (χ0) is 12.1. The highest BCUT2D eigenvalue weighted by Crippen LogP contribution is 2.23. The van der Waals surface area contributed by atoms with Crippen LogP contribution >= 0.6 is 23.1 Å². The summed E-state index contributed by atoms with van der Waals surface area (Å²) in [6.07, 6.45) is 2.43. The molecule has 0 saturated carbocycles. The molecule has 0 aliphatic carbocycles. The van der Waals surface area contributed by atoms with E-state index in [9.17, 15) is 4.79 Å². The molecule has 0 amide bonds. The lowest BCUT2D eigenvalue weighted by atomic mass is 10.2. The number of carbonyl (C=O) groups is 1. The van der Waals surface area contributed by atoms with Crippen LogP contribution in [0.2, 0.25) is 0 Å². The van der Waals surface area contributed by atoms with E-state index in [2.05, 4.69) is 10.3 Å². The van der Waals surface area contributed by atoms with Gasteiger partial charge in [-0.2, -0.15) is 11.8 Å². The summed E-state index contributed by atoms with van der Waals surface area (Å²) in [5.41, 5.74) is 0.405. The Bertz CT molecular complexity index is 375. The lowest BCUT2D eigenvalue weighted by Crippen LogP contribution is -2.25. The van der Waals surface area contributed by atoms with Gasteiger partial charge in [0.25, 0.3) is 0 Å². The largest absolute Gasteiger partial charge is 0.461 e. The first-order chi connectivity index (χ1) is 8.29. The Balaban J connectivity index is 1.91. The molecule has 2 rings (SSSR count). The number of rotatable bonds is 4. The van der Waals surface area contributed by atoms with Crippen molar-refractivity contribution in [1.29, 1.82) is 0 Å². The number of nitrogens with one attached hydrogen (secondary N) is 1. The van der Waals surface area contributed by atoms with Crippen LogP contribution in [0.1, 0.15) is 30.3 Å². The van der Waals surface area contributed by atoms with Gasteiger partial charge in [-0.15, -0.1) is 11.3 Å². The quantitative estimate of drug-likeness (QED) is 0.854. The Labute approximate surface area is 109 Å². The number of ether oxygens (including phenoxy) is 1. The van der Waals surface area contributed by atoms with Crippen LogP contribution in [0, 0.1) is 0 Å². The fourth-order valence-corrected chi connectivity index (χ4v) is 3.50. The van der Waals surface area contributed by atoms with Crippen molar-refractivity contribution >= 4 is 34.2 Å². The van der Waals surface area contributed by atoms with Crippen molar-refractivity contribution in [3.8, 4) is 0 Å². The van der Waals surface area contributed by atoms with Crippen molar-refractivity contribution in [3.63, 3.8) is 0 Å². The summed E-state index contributed by atoms with van der Waals surface area (Å²) in [5.74, 6) is 2.04. The van der Waals surface area contributed by atoms with Gasteiger partial charge in [-0.05, 0) is 25.5 Å². The Morgan fingerprint density at radius 2 is 2.59 bits per heavy atom. The van der Waals surface area contributed by atoms with Gasteiger partial charge in [-0.1, -0.05) is 0 Å². The van der Waals surface area contributed by atoms with Crippen LogP contribution in [-0.2, 0) is 4.74 Å². The number of anilines is 1. The number of thiazole rings is 1. The average molecular weight is 272 g/mol. The van der Waals surface area contributed by atoms with Crippen molar-refractivity contribution in [2.24, 2.45) is 0 Å². The van der Waals surface area contributed by atoms with Crippen molar-refractivity contribution in [2.75, 3.05) is 23.4 Å². The first kappa shape index (κ1) is 12.7. The molecule has 1 aliphatic rings. The number of aromatic nitrogens is 1.